The van der Waals surface area contributed by atoms with E-state index in [1.807, 2.05) is 24.3 Å². The second-order valence-electron chi connectivity index (χ2n) is 5.00. The number of amides is 1. The summed E-state index contributed by atoms with van der Waals surface area (Å²) in [5, 5.41) is 18.4. The van der Waals surface area contributed by atoms with Crippen molar-refractivity contribution in [2.45, 2.75) is 6.42 Å². The van der Waals surface area contributed by atoms with Crippen molar-refractivity contribution in [1.29, 1.82) is 0 Å². The van der Waals surface area contributed by atoms with Crippen LogP contribution < -0.4 is 0 Å². The molecule has 1 aromatic heterocycles. The van der Waals surface area contributed by atoms with Crippen molar-refractivity contribution in [3.05, 3.63) is 53.2 Å². The van der Waals surface area contributed by atoms with E-state index >= 15 is 0 Å². The van der Waals surface area contributed by atoms with E-state index in [4.69, 9.17) is 21.8 Å². The number of halogens is 1. The van der Waals surface area contributed by atoms with Crippen LogP contribution in [-0.2, 0) is 0 Å². The van der Waals surface area contributed by atoms with Crippen LogP contribution in [0.25, 0.3) is 11.3 Å². The summed E-state index contributed by atoms with van der Waals surface area (Å²) in [6.45, 7) is 0.397. The average Bonchev–Trinajstić information content (AvgIpc) is 2.59. The summed E-state index contributed by atoms with van der Waals surface area (Å²) in [6, 6.07) is 10.7. The third kappa shape index (κ3) is 4.51. The predicted octanol–water partition coefficient (Wildman–Crippen LogP) is 2.22. The average molecular weight is 335 g/mol. The largest absolute Gasteiger partial charge is 0.396 e. The number of hydrogen-bond acceptors (Lipinski definition) is 4. The van der Waals surface area contributed by atoms with E-state index < -0.39 is 0 Å². The highest BCUT2D eigenvalue weighted by Crippen LogP contribution is 2.25. The molecule has 2 rings (SSSR count). The van der Waals surface area contributed by atoms with E-state index in [9.17, 15) is 4.79 Å². The summed E-state index contributed by atoms with van der Waals surface area (Å²) >= 11 is 6.18. The third-order valence-corrected chi connectivity index (χ3v) is 3.73. The van der Waals surface area contributed by atoms with Gasteiger partial charge >= 0.3 is 0 Å². The molecule has 0 atom stereocenters. The van der Waals surface area contributed by atoms with E-state index in [0.29, 0.717) is 23.6 Å². The van der Waals surface area contributed by atoms with Crippen molar-refractivity contribution in [3.63, 3.8) is 0 Å². The third-order valence-electron chi connectivity index (χ3n) is 3.40. The van der Waals surface area contributed by atoms with Gasteiger partial charge in [0.05, 0.1) is 22.9 Å². The Bertz CT molecular complexity index is 650. The molecule has 0 fully saturated rings. The zero-order chi connectivity index (χ0) is 16.7. The van der Waals surface area contributed by atoms with Crippen LogP contribution in [0.5, 0.6) is 0 Å². The topological polar surface area (TPSA) is 73.7 Å². The summed E-state index contributed by atoms with van der Waals surface area (Å²) < 4.78 is 0. The molecule has 5 nitrogen and oxygen atoms in total. The lowest BCUT2D eigenvalue weighted by atomic mass is 10.1. The molecule has 1 heterocycles. The molecular formula is C17H19ClN2O3. The second kappa shape index (κ2) is 8.62. The summed E-state index contributed by atoms with van der Waals surface area (Å²) in [6.07, 6.45) is 2.13. The van der Waals surface area contributed by atoms with Gasteiger partial charge in [-0.1, -0.05) is 23.7 Å². The number of aromatic nitrogens is 1. The molecule has 0 bridgehead atoms. The van der Waals surface area contributed by atoms with Gasteiger partial charge < -0.3 is 15.1 Å². The van der Waals surface area contributed by atoms with Crippen LogP contribution in [0.4, 0.5) is 0 Å². The van der Waals surface area contributed by atoms with Gasteiger partial charge in [0.1, 0.15) is 0 Å². The Morgan fingerprint density at radius 3 is 2.61 bits per heavy atom. The van der Waals surface area contributed by atoms with E-state index in [1.165, 1.54) is 4.90 Å². The lowest BCUT2D eigenvalue weighted by Crippen LogP contribution is -2.35. The van der Waals surface area contributed by atoms with Crippen LogP contribution in [0.3, 0.4) is 0 Å². The molecule has 0 saturated carbocycles. The Morgan fingerprint density at radius 1 is 1.13 bits per heavy atom. The number of rotatable bonds is 7. The minimum atomic E-state index is -0.268. The summed E-state index contributed by atoms with van der Waals surface area (Å²) in [5.74, 6) is -0.268. The molecule has 23 heavy (non-hydrogen) atoms. The SMILES string of the molecule is O=C(c1cc(-c2ccccn2)ccc1Cl)N(CCO)CCCO. The van der Waals surface area contributed by atoms with Crippen LogP contribution in [0.2, 0.25) is 5.02 Å². The molecule has 0 aliphatic heterocycles. The van der Waals surface area contributed by atoms with Gasteiger partial charge in [0.2, 0.25) is 0 Å². The fourth-order valence-corrected chi connectivity index (χ4v) is 2.45. The molecule has 2 aromatic rings. The predicted molar refractivity (Wildman–Crippen MR) is 89.4 cm³/mol. The van der Waals surface area contributed by atoms with Gasteiger partial charge in [-0.25, -0.2) is 0 Å². The highest BCUT2D eigenvalue weighted by atomic mass is 35.5. The first kappa shape index (κ1) is 17.4. The van der Waals surface area contributed by atoms with Crippen LogP contribution in [-0.4, -0.2) is 52.3 Å². The normalized spacial score (nSPS) is 10.6. The number of benzene rings is 1. The highest BCUT2D eigenvalue weighted by molar-refractivity contribution is 6.34. The van der Waals surface area contributed by atoms with Crippen LogP contribution in [0.1, 0.15) is 16.8 Å². The van der Waals surface area contributed by atoms with Gasteiger partial charge in [-0.2, -0.15) is 0 Å². The molecule has 2 N–H and O–H groups in total. The molecule has 0 radical (unpaired) electrons. The van der Waals surface area contributed by atoms with E-state index in [0.717, 1.165) is 11.3 Å². The van der Waals surface area contributed by atoms with Gasteiger partial charge in [-0.3, -0.25) is 9.78 Å². The Labute approximate surface area is 140 Å². The maximum absolute atomic E-state index is 12.7. The Hall–Kier alpha value is -1.95. The zero-order valence-electron chi connectivity index (χ0n) is 12.7. The molecule has 1 amide bonds. The van der Waals surface area contributed by atoms with Crippen molar-refractivity contribution >= 4 is 17.5 Å². The molecule has 0 aliphatic rings. The van der Waals surface area contributed by atoms with Crippen LogP contribution in [0.15, 0.2) is 42.6 Å². The first-order valence-electron chi connectivity index (χ1n) is 7.39. The lowest BCUT2D eigenvalue weighted by Gasteiger charge is -2.22. The fourth-order valence-electron chi connectivity index (χ4n) is 2.25. The molecular weight excluding hydrogens is 316 g/mol. The number of aliphatic hydroxyl groups excluding tert-OH is 2. The summed E-state index contributed by atoms with van der Waals surface area (Å²) in [5.41, 5.74) is 1.91. The highest BCUT2D eigenvalue weighted by Gasteiger charge is 2.18. The molecule has 0 spiro atoms. The Kier molecular flexibility index (Phi) is 6.52. The van der Waals surface area contributed by atoms with Crippen molar-refractivity contribution in [1.82, 2.24) is 9.88 Å². The standard InChI is InChI=1S/C17H19ClN2O3/c18-15-6-5-13(16-4-1-2-7-19-16)12-14(15)17(23)20(9-11-22)8-3-10-21/h1-2,4-7,12,21-22H,3,8-11H2. The van der Waals surface area contributed by atoms with E-state index in [-0.39, 0.29) is 25.7 Å². The van der Waals surface area contributed by atoms with Crippen LogP contribution >= 0.6 is 11.6 Å². The maximum atomic E-state index is 12.7. The van der Waals surface area contributed by atoms with Gasteiger partial charge in [-0.15, -0.1) is 0 Å². The quantitative estimate of drug-likeness (QED) is 0.814. The number of carbonyl (C=O) groups is 1. The van der Waals surface area contributed by atoms with Gasteiger partial charge in [-0.05, 0) is 30.7 Å². The number of hydrogen-bond donors (Lipinski definition) is 2. The van der Waals surface area contributed by atoms with E-state index in [1.54, 1.807) is 18.3 Å². The maximum Gasteiger partial charge on any atom is 0.255 e. The molecule has 0 saturated heterocycles. The van der Waals surface area contributed by atoms with Crippen LogP contribution in [0, 0.1) is 0 Å². The number of pyridine rings is 1. The Balaban J connectivity index is 2.31. The molecule has 122 valence electrons. The monoisotopic (exact) mass is 334 g/mol. The first-order valence-corrected chi connectivity index (χ1v) is 7.77. The van der Waals surface area contributed by atoms with E-state index in [2.05, 4.69) is 4.98 Å². The fraction of sp³-hybridized carbons (Fsp3) is 0.294. The minimum absolute atomic E-state index is 0.0169. The zero-order valence-corrected chi connectivity index (χ0v) is 13.4. The molecule has 0 aliphatic carbocycles. The minimum Gasteiger partial charge on any atom is -0.396 e. The lowest BCUT2D eigenvalue weighted by molar-refractivity contribution is 0.0710. The smallest absolute Gasteiger partial charge is 0.255 e. The number of aliphatic hydroxyl groups is 2. The molecule has 0 unspecified atom stereocenters. The molecule has 1 aromatic carbocycles. The Morgan fingerprint density at radius 2 is 1.96 bits per heavy atom. The van der Waals surface area contributed by atoms with Crippen molar-refractivity contribution < 1.29 is 15.0 Å². The number of carbonyl (C=O) groups excluding carboxylic acids is 1. The van der Waals surface area contributed by atoms with Gasteiger partial charge in [0.15, 0.2) is 0 Å². The number of nitrogens with zero attached hydrogens (tertiary/aromatic N) is 2. The van der Waals surface area contributed by atoms with Gasteiger partial charge in [0.25, 0.3) is 5.91 Å². The van der Waals surface area contributed by atoms with Crippen molar-refractivity contribution in [2.75, 3.05) is 26.3 Å². The summed E-state index contributed by atoms with van der Waals surface area (Å²) in [7, 11) is 0. The second-order valence-corrected chi connectivity index (χ2v) is 5.41. The van der Waals surface area contributed by atoms with Crippen molar-refractivity contribution in [3.8, 4) is 11.3 Å². The van der Waals surface area contributed by atoms with Gasteiger partial charge in [0, 0.05) is 31.5 Å². The first-order chi connectivity index (χ1) is 11.2. The van der Waals surface area contributed by atoms with Crippen molar-refractivity contribution in [2.24, 2.45) is 0 Å². The summed E-state index contributed by atoms with van der Waals surface area (Å²) in [4.78, 5) is 18.4. The molecule has 6 heteroatoms.